The maximum atomic E-state index is 13.5. The third kappa shape index (κ3) is 4.08. The second-order valence-corrected chi connectivity index (χ2v) is 11.7. The minimum atomic E-state index is -0.294. The zero-order chi connectivity index (χ0) is 20.8. The number of likely N-dealkylation sites (N-methyl/N-ethyl adjacent to an activating group) is 1. The molecule has 0 N–H and O–H groups in total. The van der Waals surface area contributed by atoms with Crippen molar-refractivity contribution in [1.82, 2.24) is 9.80 Å². The molecule has 3 unspecified atom stereocenters. The van der Waals surface area contributed by atoms with Gasteiger partial charge in [0.15, 0.2) is 0 Å². The van der Waals surface area contributed by atoms with Crippen molar-refractivity contribution >= 4 is 33.7 Å². The molecule has 3 atom stereocenters. The molecule has 4 bridgehead atoms. The van der Waals surface area contributed by atoms with Crippen molar-refractivity contribution in [2.45, 2.75) is 62.6 Å². The monoisotopic (exact) mass is 468 g/mol. The fourth-order valence-electron chi connectivity index (χ4n) is 6.84. The molecule has 5 aliphatic rings. The molecule has 6 nitrogen and oxygen atoms in total. The minimum absolute atomic E-state index is 0.0619. The third-order valence-electron chi connectivity index (χ3n) is 7.56. The molecule has 4 aliphatic carbocycles. The molecule has 4 saturated carbocycles. The van der Waals surface area contributed by atoms with Gasteiger partial charge in [-0.1, -0.05) is 15.9 Å². The van der Waals surface area contributed by atoms with Crippen LogP contribution in [-0.4, -0.2) is 65.2 Å². The van der Waals surface area contributed by atoms with E-state index in [1.54, 1.807) is 23.8 Å². The van der Waals surface area contributed by atoms with E-state index in [1.807, 2.05) is 0 Å². The van der Waals surface area contributed by atoms with Crippen LogP contribution in [0.15, 0.2) is 0 Å². The van der Waals surface area contributed by atoms with Crippen LogP contribution >= 0.6 is 15.9 Å². The van der Waals surface area contributed by atoms with Crippen LogP contribution in [0.25, 0.3) is 0 Å². The molecule has 0 radical (unpaired) electrons. The van der Waals surface area contributed by atoms with Gasteiger partial charge >= 0.3 is 5.97 Å². The molecular formula is C22H33BrN2O4. The Bertz CT molecular complexity index is 682. The first kappa shape index (κ1) is 21.1. The number of halogens is 1. The fourth-order valence-corrected chi connectivity index (χ4v) is 8.29. The molecule has 1 saturated heterocycles. The molecular weight excluding hydrogens is 436 g/mol. The summed E-state index contributed by atoms with van der Waals surface area (Å²) in [5, 5.41) is 0. The number of carbonyl (C=O) groups excluding carboxylic acids is 3. The summed E-state index contributed by atoms with van der Waals surface area (Å²) < 4.78 is 5.25. The Labute approximate surface area is 181 Å². The van der Waals surface area contributed by atoms with Crippen molar-refractivity contribution in [1.29, 1.82) is 0 Å². The average Bonchev–Trinajstić information content (AvgIpc) is 2.65. The van der Waals surface area contributed by atoms with Crippen molar-refractivity contribution in [2.75, 3.05) is 33.3 Å². The number of ether oxygens (including phenoxy) is 1. The highest BCUT2D eigenvalue weighted by Gasteiger charge is 2.60. The van der Waals surface area contributed by atoms with Crippen LogP contribution in [0.3, 0.4) is 0 Å². The first-order chi connectivity index (χ1) is 13.7. The zero-order valence-electron chi connectivity index (χ0n) is 17.6. The number of hydrogen-bond donors (Lipinski definition) is 0. The van der Waals surface area contributed by atoms with Crippen LogP contribution in [0.5, 0.6) is 0 Å². The Kier molecular flexibility index (Phi) is 5.73. The van der Waals surface area contributed by atoms with Gasteiger partial charge in [-0.15, -0.1) is 0 Å². The van der Waals surface area contributed by atoms with Gasteiger partial charge in [-0.25, -0.2) is 0 Å². The van der Waals surface area contributed by atoms with Crippen molar-refractivity contribution in [2.24, 2.45) is 23.2 Å². The predicted octanol–water partition coefficient (Wildman–Crippen LogP) is 2.98. The highest BCUT2D eigenvalue weighted by molar-refractivity contribution is 9.10. The molecule has 1 heterocycles. The quantitative estimate of drug-likeness (QED) is 0.459. The summed E-state index contributed by atoms with van der Waals surface area (Å²) in [5.41, 5.74) is -0.294. The van der Waals surface area contributed by atoms with Crippen LogP contribution in [0.1, 0.15) is 58.3 Å². The summed E-state index contributed by atoms with van der Waals surface area (Å²) in [4.78, 5) is 41.8. The number of piperidine rings is 1. The van der Waals surface area contributed by atoms with Gasteiger partial charge in [0.25, 0.3) is 0 Å². The number of nitrogens with zero attached hydrogens (tertiary/aromatic N) is 2. The Morgan fingerprint density at radius 3 is 2.48 bits per heavy atom. The molecule has 7 heteroatoms. The van der Waals surface area contributed by atoms with Gasteiger partial charge in [0.05, 0.1) is 24.5 Å². The van der Waals surface area contributed by atoms with E-state index in [-0.39, 0.29) is 40.0 Å². The van der Waals surface area contributed by atoms with E-state index in [0.717, 1.165) is 32.1 Å². The molecule has 0 aromatic carbocycles. The molecule has 2 amide bonds. The van der Waals surface area contributed by atoms with E-state index >= 15 is 0 Å². The van der Waals surface area contributed by atoms with Gasteiger partial charge in [-0.3, -0.25) is 14.4 Å². The van der Waals surface area contributed by atoms with Crippen LogP contribution in [0.4, 0.5) is 0 Å². The second-order valence-electron chi connectivity index (χ2n) is 9.98. The highest BCUT2D eigenvalue weighted by atomic mass is 79.9. The maximum Gasteiger partial charge on any atom is 0.310 e. The van der Waals surface area contributed by atoms with E-state index in [1.165, 1.54) is 19.3 Å². The number of rotatable bonds is 5. The smallest absolute Gasteiger partial charge is 0.310 e. The largest absolute Gasteiger partial charge is 0.466 e. The van der Waals surface area contributed by atoms with Crippen molar-refractivity contribution < 1.29 is 19.1 Å². The van der Waals surface area contributed by atoms with E-state index in [4.69, 9.17) is 4.74 Å². The molecule has 0 aromatic heterocycles. The van der Waals surface area contributed by atoms with E-state index in [0.29, 0.717) is 31.5 Å². The summed E-state index contributed by atoms with van der Waals surface area (Å²) in [5.74, 6) is 0.888. The van der Waals surface area contributed by atoms with Crippen molar-refractivity contribution in [3.05, 3.63) is 0 Å². The van der Waals surface area contributed by atoms with Crippen molar-refractivity contribution in [3.63, 3.8) is 0 Å². The lowest BCUT2D eigenvalue weighted by molar-refractivity contribution is -0.158. The first-order valence-electron chi connectivity index (χ1n) is 11.1. The maximum absolute atomic E-state index is 13.5. The van der Waals surface area contributed by atoms with Gasteiger partial charge in [-0.2, -0.15) is 0 Å². The molecule has 162 valence electrons. The van der Waals surface area contributed by atoms with Gasteiger partial charge in [-0.05, 0) is 70.1 Å². The Morgan fingerprint density at radius 2 is 1.86 bits per heavy atom. The number of esters is 1. The van der Waals surface area contributed by atoms with E-state index < -0.39 is 0 Å². The van der Waals surface area contributed by atoms with Crippen molar-refractivity contribution in [3.8, 4) is 0 Å². The third-order valence-corrected chi connectivity index (χ3v) is 8.48. The molecule has 0 spiro atoms. The first-order valence-corrected chi connectivity index (χ1v) is 11.9. The summed E-state index contributed by atoms with van der Waals surface area (Å²) in [6.45, 7) is 3.31. The predicted molar refractivity (Wildman–Crippen MR) is 112 cm³/mol. The fraction of sp³-hybridized carbons (Fsp3) is 0.864. The molecule has 5 rings (SSSR count). The topological polar surface area (TPSA) is 66.9 Å². The summed E-state index contributed by atoms with van der Waals surface area (Å²) in [6, 6.07) is 0. The molecule has 29 heavy (non-hydrogen) atoms. The standard InChI is InChI=1S/C22H33BrN2O4/c1-3-29-19(27)17-5-4-6-25(12-17)18(26)13-24(2)20(28)21-8-15-7-16(9-21)11-22(23,10-15)14-21/h15-17H,3-14H2,1-2H3. The lowest BCUT2D eigenvalue weighted by Gasteiger charge is -2.59. The lowest BCUT2D eigenvalue weighted by Crippen LogP contribution is -2.59. The lowest BCUT2D eigenvalue weighted by atomic mass is 9.49. The summed E-state index contributed by atoms with van der Waals surface area (Å²) in [7, 11) is 1.77. The number of likely N-dealkylation sites (tertiary alicyclic amines) is 1. The van der Waals surface area contributed by atoms with Crippen LogP contribution in [-0.2, 0) is 19.1 Å². The second kappa shape index (κ2) is 7.86. The van der Waals surface area contributed by atoms with Crippen LogP contribution < -0.4 is 0 Å². The number of amides is 2. The molecule has 5 fully saturated rings. The van der Waals surface area contributed by atoms with Crippen LogP contribution in [0.2, 0.25) is 0 Å². The number of carbonyl (C=O) groups is 3. The van der Waals surface area contributed by atoms with Gasteiger partial charge in [0.1, 0.15) is 0 Å². The van der Waals surface area contributed by atoms with E-state index in [2.05, 4.69) is 15.9 Å². The molecule has 0 aromatic rings. The summed E-state index contributed by atoms with van der Waals surface area (Å²) >= 11 is 3.97. The van der Waals surface area contributed by atoms with Gasteiger partial charge in [0, 0.05) is 24.5 Å². The Balaban J connectivity index is 1.38. The Hall–Kier alpha value is -1.11. The van der Waals surface area contributed by atoms with Gasteiger partial charge in [0.2, 0.25) is 11.8 Å². The van der Waals surface area contributed by atoms with Crippen LogP contribution in [0, 0.1) is 23.2 Å². The summed E-state index contributed by atoms with van der Waals surface area (Å²) in [6.07, 6.45) is 8.04. The number of alkyl halides is 1. The van der Waals surface area contributed by atoms with Gasteiger partial charge < -0.3 is 14.5 Å². The average molecular weight is 469 g/mol. The minimum Gasteiger partial charge on any atom is -0.466 e. The number of hydrogen-bond acceptors (Lipinski definition) is 4. The normalized spacial score (nSPS) is 38.0. The Morgan fingerprint density at radius 1 is 1.17 bits per heavy atom. The van der Waals surface area contributed by atoms with E-state index in [9.17, 15) is 14.4 Å². The zero-order valence-corrected chi connectivity index (χ0v) is 19.2. The highest BCUT2D eigenvalue weighted by Crippen LogP contribution is 2.64. The SMILES string of the molecule is CCOC(=O)C1CCCN(C(=O)CN(C)C(=O)C23CC4CC(CC(Br)(C4)C2)C3)C1. The molecule has 1 aliphatic heterocycles.